The summed E-state index contributed by atoms with van der Waals surface area (Å²) in [4.78, 5) is 23.1. The Balaban J connectivity index is 1.84. The third kappa shape index (κ3) is 7.46. The number of primary amides is 1. The molecule has 0 spiro atoms. The van der Waals surface area contributed by atoms with E-state index in [4.69, 9.17) is 22.1 Å². The summed E-state index contributed by atoms with van der Waals surface area (Å²) >= 11 is 6.08. The van der Waals surface area contributed by atoms with E-state index in [0.29, 0.717) is 27.8 Å². The molecule has 0 aliphatic heterocycles. The molecule has 3 aromatic carbocycles. The second-order valence-electron chi connectivity index (χ2n) is 7.61. The number of hydrazone groups is 1. The molecule has 3 N–H and O–H groups in total. The molecule has 0 radical (unpaired) electrons. The number of anilines is 1. The van der Waals surface area contributed by atoms with Gasteiger partial charge in [-0.3, -0.25) is 13.9 Å². The molecule has 2 amide bonds. The quantitative estimate of drug-likeness (QED) is 0.285. The van der Waals surface area contributed by atoms with Crippen LogP contribution in [0.4, 0.5) is 18.9 Å². The fourth-order valence-corrected chi connectivity index (χ4v) is 4.77. The van der Waals surface area contributed by atoms with Crippen molar-refractivity contribution in [2.75, 3.05) is 17.5 Å². The van der Waals surface area contributed by atoms with Crippen LogP contribution in [0.25, 0.3) is 0 Å². The van der Waals surface area contributed by atoms with Crippen LogP contribution < -0.4 is 20.2 Å². The third-order valence-corrected chi connectivity index (χ3v) is 6.92. The van der Waals surface area contributed by atoms with Gasteiger partial charge in [0.1, 0.15) is 12.3 Å². The predicted molar refractivity (Wildman–Crippen MR) is 134 cm³/mol. The topological polar surface area (TPSA) is 131 Å². The van der Waals surface area contributed by atoms with E-state index in [9.17, 15) is 31.2 Å². The number of nitrogens with two attached hydrogens (primary N) is 1. The number of nitrogens with one attached hydrogen (secondary N) is 1. The van der Waals surface area contributed by atoms with Crippen molar-refractivity contribution in [3.8, 4) is 5.75 Å². The van der Waals surface area contributed by atoms with Gasteiger partial charge in [-0.05, 0) is 60.2 Å². The SMILES string of the molecule is NC(=O)COc1ccc(/C=N\NC(=O)CN(c2cc(C(F)(F)F)ccc2Cl)S(=O)(=O)c2ccccc2)cc1. The van der Waals surface area contributed by atoms with Crippen molar-refractivity contribution in [1.82, 2.24) is 5.43 Å². The molecule has 0 aliphatic carbocycles. The molecule has 3 aromatic rings. The van der Waals surface area contributed by atoms with Crippen LogP contribution in [0.5, 0.6) is 5.75 Å². The standard InChI is InChI=1S/C24H20ClF3N4O5S/c25-20-11-8-17(24(26,27)28)12-21(20)32(38(35,36)19-4-2-1-3-5-19)14-23(34)31-30-13-16-6-9-18(10-7-16)37-15-22(29)33/h1-13H,14-15H2,(H2,29,33)(H,31,34)/b30-13-. The number of sulfonamides is 1. The number of amides is 2. The number of carbonyl (C=O) groups is 2. The maximum absolute atomic E-state index is 13.3. The van der Waals surface area contributed by atoms with Gasteiger partial charge in [0, 0.05) is 0 Å². The molecule has 0 saturated heterocycles. The Morgan fingerprint density at radius 1 is 1.05 bits per heavy atom. The lowest BCUT2D eigenvalue weighted by atomic mass is 10.2. The average molecular weight is 569 g/mol. The fraction of sp³-hybridized carbons (Fsp3) is 0.125. The first kappa shape index (κ1) is 28.5. The molecule has 14 heteroatoms. The number of alkyl halides is 3. The van der Waals surface area contributed by atoms with Crippen LogP contribution >= 0.6 is 11.6 Å². The highest BCUT2D eigenvalue weighted by Crippen LogP contribution is 2.37. The van der Waals surface area contributed by atoms with E-state index in [2.05, 4.69) is 10.5 Å². The minimum atomic E-state index is -4.78. The maximum atomic E-state index is 13.3. The van der Waals surface area contributed by atoms with E-state index in [1.54, 1.807) is 18.2 Å². The first-order chi connectivity index (χ1) is 17.9. The lowest BCUT2D eigenvalue weighted by Gasteiger charge is -2.25. The molecule has 0 atom stereocenters. The molecule has 0 unspecified atom stereocenters. The number of benzene rings is 3. The highest BCUT2D eigenvalue weighted by atomic mass is 35.5. The van der Waals surface area contributed by atoms with E-state index < -0.39 is 45.8 Å². The van der Waals surface area contributed by atoms with Crippen molar-refractivity contribution in [3.05, 3.63) is 88.9 Å². The summed E-state index contributed by atoms with van der Waals surface area (Å²) in [7, 11) is -4.51. The van der Waals surface area contributed by atoms with Gasteiger partial charge < -0.3 is 10.5 Å². The van der Waals surface area contributed by atoms with Crippen molar-refractivity contribution in [1.29, 1.82) is 0 Å². The van der Waals surface area contributed by atoms with Gasteiger partial charge in [0.2, 0.25) is 0 Å². The van der Waals surface area contributed by atoms with E-state index in [1.807, 2.05) is 0 Å². The van der Waals surface area contributed by atoms with Crippen molar-refractivity contribution in [2.45, 2.75) is 11.1 Å². The molecule has 38 heavy (non-hydrogen) atoms. The zero-order valence-corrected chi connectivity index (χ0v) is 20.9. The minimum Gasteiger partial charge on any atom is -0.484 e. The summed E-state index contributed by atoms with van der Waals surface area (Å²) in [6, 6.07) is 15.2. The van der Waals surface area contributed by atoms with Gasteiger partial charge in [-0.2, -0.15) is 18.3 Å². The lowest BCUT2D eigenvalue weighted by Crippen LogP contribution is -2.40. The molecule has 200 valence electrons. The molecule has 0 heterocycles. The summed E-state index contributed by atoms with van der Waals surface area (Å²) in [5, 5.41) is 3.44. The fourth-order valence-electron chi connectivity index (χ4n) is 3.05. The molecule has 0 saturated carbocycles. The second kappa shape index (κ2) is 12.0. The number of nitrogens with zero attached hydrogens (tertiary/aromatic N) is 2. The number of rotatable bonds is 10. The molecule has 0 fully saturated rings. The number of carbonyl (C=O) groups excluding carboxylic acids is 2. The molecule has 0 aliphatic rings. The predicted octanol–water partition coefficient (Wildman–Crippen LogP) is 3.57. The van der Waals surface area contributed by atoms with Crippen LogP contribution in [0, 0.1) is 0 Å². The first-order valence-electron chi connectivity index (χ1n) is 10.7. The molecular weight excluding hydrogens is 549 g/mol. The van der Waals surface area contributed by atoms with Crippen LogP contribution in [-0.2, 0) is 25.8 Å². The van der Waals surface area contributed by atoms with Crippen molar-refractivity contribution in [2.24, 2.45) is 10.8 Å². The van der Waals surface area contributed by atoms with Crippen molar-refractivity contribution < 1.29 is 35.9 Å². The molecule has 0 bridgehead atoms. The first-order valence-corrected chi connectivity index (χ1v) is 12.5. The third-order valence-electron chi connectivity index (χ3n) is 4.82. The monoisotopic (exact) mass is 568 g/mol. The maximum Gasteiger partial charge on any atom is 0.416 e. The Labute approximate surface area is 220 Å². The van der Waals surface area contributed by atoms with Crippen LogP contribution in [0.3, 0.4) is 0 Å². The molecule has 9 nitrogen and oxygen atoms in total. The number of ether oxygens (including phenoxy) is 1. The zero-order valence-electron chi connectivity index (χ0n) is 19.4. The van der Waals surface area contributed by atoms with Gasteiger partial charge >= 0.3 is 6.18 Å². The summed E-state index contributed by atoms with van der Waals surface area (Å²) in [6.07, 6.45) is -3.54. The minimum absolute atomic E-state index is 0.261. The summed E-state index contributed by atoms with van der Waals surface area (Å²) in [6.45, 7) is -1.22. The van der Waals surface area contributed by atoms with E-state index >= 15 is 0 Å². The van der Waals surface area contributed by atoms with E-state index in [1.165, 1.54) is 42.6 Å². The average Bonchev–Trinajstić information content (AvgIpc) is 2.87. The van der Waals surface area contributed by atoms with Gasteiger partial charge in [-0.25, -0.2) is 13.8 Å². The van der Waals surface area contributed by atoms with E-state index in [0.717, 1.165) is 6.07 Å². The summed E-state index contributed by atoms with van der Waals surface area (Å²) < 4.78 is 72.3. The Hall–Kier alpha value is -4.10. The van der Waals surface area contributed by atoms with Crippen LogP contribution in [-0.4, -0.2) is 39.6 Å². The lowest BCUT2D eigenvalue weighted by molar-refractivity contribution is -0.137. The van der Waals surface area contributed by atoms with E-state index in [-0.39, 0.29) is 16.5 Å². The number of hydrogen-bond donors (Lipinski definition) is 2. The second-order valence-corrected chi connectivity index (χ2v) is 9.88. The summed E-state index contributed by atoms with van der Waals surface area (Å²) in [5.74, 6) is -1.23. The molecule has 0 aromatic heterocycles. The smallest absolute Gasteiger partial charge is 0.416 e. The van der Waals surface area contributed by atoms with Crippen LogP contribution in [0.15, 0.2) is 82.8 Å². The number of halogens is 4. The Kier molecular flexibility index (Phi) is 8.96. The largest absolute Gasteiger partial charge is 0.484 e. The van der Waals surface area contributed by atoms with Crippen molar-refractivity contribution in [3.63, 3.8) is 0 Å². The van der Waals surface area contributed by atoms with Gasteiger partial charge in [0.15, 0.2) is 6.61 Å². The Bertz CT molecular complexity index is 1430. The normalized spacial score (nSPS) is 11.8. The molecule has 3 rings (SSSR count). The highest BCUT2D eigenvalue weighted by molar-refractivity contribution is 7.92. The van der Waals surface area contributed by atoms with Crippen LogP contribution in [0.1, 0.15) is 11.1 Å². The van der Waals surface area contributed by atoms with Gasteiger partial charge in [-0.1, -0.05) is 29.8 Å². The van der Waals surface area contributed by atoms with Crippen molar-refractivity contribution >= 4 is 45.3 Å². The molecular formula is C24H20ClF3N4O5S. The highest BCUT2D eigenvalue weighted by Gasteiger charge is 2.34. The van der Waals surface area contributed by atoms with Gasteiger partial charge in [-0.15, -0.1) is 0 Å². The van der Waals surface area contributed by atoms with Gasteiger partial charge in [0.25, 0.3) is 21.8 Å². The Morgan fingerprint density at radius 3 is 2.32 bits per heavy atom. The number of hydrogen-bond acceptors (Lipinski definition) is 6. The summed E-state index contributed by atoms with van der Waals surface area (Å²) in [5.41, 5.74) is 5.98. The Morgan fingerprint density at radius 2 is 1.71 bits per heavy atom. The van der Waals surface area contributed by atoms with Crippen LogP contribution in [0.2, 0.25) is 5.02 Å². The zero-order chi connectivity index (χ0) is 27.9. The van der Waals surface area contributed by atoms with Gasteiger partial charge in [0.05, 0.1) is 27.4 Å².